The first-order valence-corrected chi connectivity index (χ1v) is 9.25. The van der Waals surface area contributed by atoms with Crippen LogP contribution in [0.15, 0.2) is 0 Å². The van der Waals surface area contributed by atoms with E-state index in [0.717, 1.165) is 50.2 Å². The summed E-state index contributed by atoms with van der Waals surface area (Å²) in [4.78, 5) is 11.3. The summed E-state index contributed by atoms with van der Waals surface area (Å²) in [6.07, 6.45) is 12.4. The lowest BCUT2D eigenvalue weighted by Crippen LogP contribution is -2.31. The van der Waals surface area contributed by atoms with E-state index in [0.29, 0.717) is 0 Å². The van der Waals surface area contributed by atoms with Gasteiger partial charge in [-0.3, -0.25) is 4.79 Å². The zero-order chi connectivity index (χ0) is 15.4. The molecule has 0 unspecified atom stereocenters. The first kappa shape index (κ1) is 16.3. The summed E-state index contributed by atoms with van der Waals surface area (Å²) in [6.45, 7) is 1.54. The molecular formula is C18H31NO3. The monoisotopic (exact) mass is 309 g/mol. The van der Waals surface area contributed by atoms with Crippen molar-refractivity contribution in [1.29, 1.82) is 0 Å². The molecule has 22 heavy (non-hydrogen) atoms. The van der Waals surface area contributed by atoms with Gasteiger partial charge in [-0.05, 0) is 69.1 Å². The van der Waals surface area contributed by atoms with Gasteiger partial charge in [0.05, 0.1) is 13.2 Å². The molecule has 0 atom stereocenters. The third kappa shape index (κ3) is 4.23. The second-order valence-electron chi connectivity index (χ2n) is 7.54. The van der Waals surface area contributed by atoms with E-state index in [2.05, 4.69) is 0 Å². The molecule has 0 aromatic rings. The van der Waals surface area contributed by atoms with Crippen molar-refractivity contribution in [3.63, 3.8) is 0 Å². The first-order valence-electron chi connectivity index (χ1n) is 9.25. The molecule has 2 aliphatic carbocycles. The molecule has 0 radical (unpaired) electrons. The zero-order valence-corrected chi connectivity index (χ0v) is 13.7. The summed E-state index contributed by atoms with van der Waals surface area (Å²) >= 11 is 0. The Morgan fingerprint density at radius 2 is 1.36 bits per heavy atom. The zero-order valence-electron chi connectivity index (χ0n) is 13.7. The van der Waals surface area contributed by atoms with Gasteiger partial charge in [0.15, 0.2) is 6.29 Å². The standard InChI is InChI=1S/C18H31NO3/c19-18(20)16-8-6-15(7-9-16)14-4-1-13(2-5-14)3-10-17-21-11-12-22-17/h13-17H,1-12H2,(H2,19,20)/t13-,14-,15-,16-. The molecule has 0 aromatic carbocycles. The third-order valence-electron chi connectivity index (χ3n) is 6.23. The van der Waals surface area contributed by atoms with E-state index in [9.17, 15) is 4.79 Å². The van der Waals surface area contributed by atoms with Gasteiger partial charge in [0.25, 0.3) is 0 Å². The van der Waals surface area contributed by atoms with Crippen LogP contribution < -0.4 is 5.73 Å². The number of carbonyl (C=O) groups excluding carboxylic acids is 1. The second-order valence-corrected chi connectivity index (χ2v) is 7.54. The Labute approximate surface area is 134 Å². The highest BCUT2D eigenvalue weighted by Gasteiger charge is 2.32. The van der Waals surface area contributed by atoms with Gasteiger partial charge in [0, 0.05) is 5.92 Å². The van der Waals surface area contributed by atoms with Crippen molar-refractivity contribution in [2.45, 2.75) is 70.5 Å². The van der Waals surface area contributed by atoms with Crippen molar-refractivity contribution in [3.05, 3.63) is 0 Å². The molecule has 2 saturated carbocycles. The normalized spacial score (nSPS) is 37.3. The predicted octanol–water partition coefficient (Wildman–Crippen LogP) is 3.24. The Hall–Kier alpha value is -0.610. The van der Waals surface area contributed by atoms with Crippen LogP contribution in [0.4, 0.5) is 0 Å². The van der Waals surface area contributed by atoms with Crippen LogP contribution >= 0.6 is 0 Å². The van der Waals surface area contributed by atoms with Crippen molar-refractivity contribution < 1.29 is 14.3 Å². The summed E-state index contributed by atoms with van der Waals surface area (Å²) in [5.41, 5.74) is 5.43. The summed E-state index contributed by atoms with van der Waals surface area (Å²) < 4.78 is 11.1. The van der Waals surface area contributed by atoms with Crippen LogP contribution in [-0.2, 0) is 14.3 Å². The molecule has 4 heteroatoms. The van der Waals surface area contributed by atoms with Gasteiger partial charge in [-0.25, -0.2) is 0 Å². The van der Waals surface area contributed by atoms with Crippen LogP contribution in [-0.4, -0.2) is 25.4 Å². The minimum Gasteiger partial charge on any atom is -0.369 e. The Balaban J connectivity index is 1.34. The van der Waals surface area contributed by atoms with E-state index < -0.39 is 0 Å². The average molecular weight is 309 g/mol. The van der Waals surface area contributed by atoms with E-state index in [4.69, 9.17) is 15.2 Å². The molecule has 1 saturated heterocycles. The Morgan fingerprint density at radius 1 is 0.818 bits per heavy atom. The van der Waals surface area contributed by atoms with Crippen LogP contribution in [0.25, 0.3) is 0 Å². The quantitative estimate of drug-likeness (QED) is 0.848. The van der Waals surface area contributed by atoms with Crippen LogP contribution in [0.1, 0.15) is 64.2 Å². The highest BCUT2D eigenvalue weighted by Crippen LogP contribution is 2.42. The number of nitrogens with two attached hydrogens (primary N) is 1. The lowest BCUT2D eigenvalue weighted by Gasteiger charge is -2.37. The molecule has 3 aliphatic rings. The van der Waals surface area contributed by atoms with Crippen molar-refractivity contribution in [1.82, 2.24) is 0 Å². The van der Waals surface area contributed by atoms with Crippen LogP contribution in [0.2, 0.25) is 0 Å². The largest absolute Gasteiger partial charge is 0.369 e. The number of amides is 1. The fourth-order valence-electron chi connectivity index (χ4n) is 4.77. The van der Waals surface area contributed by atoms with Crippen LogP contribution in [0.3, 0.4) is 0 Å². The van der Waals surface area contributed by atoms with Crippen LogP contribution in [0, 0.1) is 23.7 Å². The van der Waals surface area contributed by atoms with Crippen molar-refractivity contribution in [3.8, 4) is 0 Å². The Bertz CT molecular complexity index is 351. The van der Waals surface area contributed by atoms with E-state index >= 15 is 0 Å². The number of ether oxygens (including phenoxy) is 2. The molecule has 1 heterocycles. The maximum atomic E-state index is 11.3. The molecule has 2 N–H and O–H groups in total. The molecule has 0 spiro atoms. The lowest BCUT2D eigenvalue weighted by molar-refractivity contribution is -0.123. The summed E-state index contributed by atoms with van der Waals surface area (Å²) in [5.74, 6) is 2.67. The highest BCUT2D eigenvalue weighted by molar-refractivity contribution is 5.76. The molecule has 1 aliphatic heterocycles. The third-order valence-corrected chi connectivity index (χ3v) is 6.23. The molecular weight excluding hydrogens is 278 g/mol. The topological polar surface area (TPSA) is 61.6 Å². The molecule has 126 valence electrons. The molecule has 3 fully saturated rings. The average Bonchev–Trinajstić information content (AvgIpc) is 3.07. The van der Waals surface area contributed by atoms with Crippen molar-refractivity contribution in [2.24, 2.45) is 29.4 Å². The number of hydrogen-bond donors (Lipinski definition) is 1. The molecule has 1 amide bonds. The van der Waals surface area contributed by atoms with Gasteiger partial charge < -0.3 is 15.2 Å². The molecule has 4 nitrogen and oxygen atoms in total. The second kappa shape index (κ2) is 7.78. The van der Waals surface area contributed by atoms with Gasteiger partial charge in [-0.1, -0.05) is 12.8 Å². The minimum absolute atomic E-state index is 0.0711. The van der Waals surface area contributed by atoms with E-state index in [1.807, 2.05) is 0 Å². The summed E-state index contributed by atoms with van der Waals surface area (Å²) in [6, 6.07) is 0. The number of primary amides is 1. The van der Waals surface area contributed by atoms with Gasteiger partial charge in [0.1, 0.15) is 0 Å². The number of rotatable bonds is 5. The smallest absolute Gasteiger partial charge is 0.220 e. The Kier molecular flexibility index (Phi) is 5.75. The summed E-state index contributed by atoms with van der Waals surface area (Å²) in [5, 5.41) is 0. The van der Waals surface area contributed by atoms with E-state index in [-0.39, 0.29) is 18.1 Å². The number of carbonyl (C=O) groups is 1. The fourth-order valence-corrected chi connectivity index (χ4v) is 4.77. The van der Waals surface area contributed by atoms with Gasteiger partial charge in [-0.15, -0.1) is 0 Å². The first-order chi connectivity index (χ1) is 10.7. The van der Waals surface area contributed by atoms with E-state index in [1.165, 1.54) is 44.9 Å². The van der Waals surface area contributed by atoms with E-state index in [1.54, 1.807) is 0 Å². The van der Waals surface area contributed by atoms with Crippen LogP contribution in [0.5, 0.6) is 0 Å². The molecule has 3 rings (SSSR count). The van der Waals surface area contributed by atoms with Gasteiger partial charge in [-0.2, -0.15) is 0 Å². The minimum atomic E-state index is -0.0847. The number of hydrogen-bond acceptors (Lipinski definition) is 3. The van der Waals surface area contributed by atoms with Crippen molar-refractivity contribution >= 4 is 5.91 Å². The van der Waals surface area contributed by atoms with Crippen molar-refractivity contribution in [2.75, 3.05) is 13.2 Å². The highest BCUT2D eigenvalue weighted by atomic mass is 16.7. The Morgan fingerprint density at radius 3 is 1.91 bits per heavy atom. The fraction of sp³-hybridized carbons (Fsp3) is 0.944. The summed E-state index contributed by atoms with van der Waals surface area (Å²) in [7, 11) is 0. The predicted molar refractivity (Wildman–Crippen MR) is 85.0 cm³/mol. The lowest BCUT2D eigenvalue weighted by atomic mass is 9.68. The molecule has 0 bridgehead atoms. The maximum Gasteiger partial charge on any atom is 0.220 e. The molecule has 0 aromatic heterocycles. The van der Waals surface area contributed by atoms with Gasteiger partial charge >= 0.3 is 0 Å². The SMILES string of the molecule is NC(=O)[C@H]1CC[C@H]([C@H]2CC[C@H](CCC3OCCO3)CC2)CC1. The van der Waals surface area contributed by atoms with Gasteiger partial charge in [0.2, 0.25) is 5.91 Å². The maximum absolute atomic E-state index is 11.3.